The summed E-state index contributed by atoms with van der Waals surface area (Å²) in [7, 11) is 0. The highest BCUT2D eigenvalue weighted by Gasteiger charge is 2.30. The summed E-state index contributed by atoms with van der Waals surface area (Å²) in [5, 5.41) is 1.62. The van der Waals surface area contributed by atoms with Crippen molar-refractivity contribution in [3.8, 4) is 0 Å². The number of carbonyl (C=O) groups is 2. The third kappa shape index (κ3) is 5.22. The van der Waals surface area contributed by atoms with Crippen LogP contribution in [0.5, 0.6) is 0 Å². The Balaban J connectivity index is 1.08. The first kappa shape index (κ1) is 22.7. The summed E-state index contributed by atoms with van der Waals surface area (Å²) < 4.78 is 0. The fourth-order valence-electron chi connectivity index (χ4n) is 5.89. The molecule has 0 spiro atoms. The summed E-state index contributed by atoms with van der Waals surface area (Å²) in [5.74, 6) is 0.709. The van der Waals surface area contributed by atoms with Crippen LogP contribution in [0.3, 0.4) is 0 Å². The minimum atomic E-state index is 0.0333. The SMILES string of the molecule is O=C(CC1CCN(C(=O)c2cc3cc(Cl)ccc3[nH]2)CC1)N1CCN(C2CCCCC2)CC1. The van der Waals surface area contributed by atoms with Crippen LogP contribution in [-0.2, 0) is 4.79 Å². The van der Waals surface area contributed by atoms with Crippen LogP contribution < -0.4 is 0 Å². The van der Waals surface area contributed by atoms with Crippen molar-refractivity contribution in [1.29, 1.82) is 0 Å². The van der Waals surface area contributed by atoms with E-state index in [2.05, 4.69) is 14.8 Å². The minimum absolute atomic E-state index is 0.0333. The molecule has 1 aromatic heterocycles. The van der Waals surface area contributed by atoms with Gasteiger partial charge in [0.25, 0.3) is 5.91 Å². The number of halogens is 1. The lowest BCUT2D eigenvalue weighted by Gasteiger charge is -2.41. The monoisotopic (exact) mass is 470 g/mol. The van der Waals surface area contributed by atoms with Gasteiger partial charge in [-0.1, -0.05) is 30.9 Å². The number of nitrogens with zero attached hydrogens (tertiary/aromatic N) is 3. The highest BCUT2D eigenvalue weighted by molar-refractivity contribution is 6.31. The van der Waals surface area contributed by atoms with Crippen LogP contribution in [-0.4, -0.2) is 76.8 Å². The van der Waals surface area contributed by atoms with Gasteiger partial charge in [0.2, 0.25) is 5.91 Å². The Morgan fingerprint density at radius 3 is 2.33 bits per heavy atom. The lowest BCUT2D eigenvalue weighted by molar-refractivity contribution is -0.134. The summed E-state index contributed by atoms with van der Waals surface area (Å²) in [5.41, 5.74) is 1.53. The van der Waals surface area contributed by atoms with Gasteiger partial charge in [-0.15, -0.1) is 0 Å². The van der Waals surface area contributed by atoms with Crippen LogP contribution >= 0.6 is 11.6 Å². The van der Waals surface area contributed by atoms with Gasteiger partial charge in [-0.2, -0.15) is 0 Å². The molecule has 0 radical (unpaired) electrons. The van der Waals surface area contributed by atoms with Crippen molar-refractivity contribution in [2.24, 2.45) is 5.92 Å². The molecule has 0 bridgehead atoms. The van der Waals surface area contributed by atoms with Crippen molar-refractivity contribution >= 4 is 34.3 Å². The predicted octanol–water partition coefficient (Wildman–Crippen LogP) is 4.54. The Labute approximate surface area is 201 Å². The van der Waals surface area contributed by atoms with Gasteiger partial charge in [0.1, 0.15) is 5.69 Å². The fourth-order valence-corrected chi connectivity index (χ4v) is 6.07. The molecule has 5 rings (SSSR count). The molecule has 0 atom stereocenters. The topological polar surface area (TPSA) is 59.7 Å². The molecule has 3 aliphatic rings. The molecule has 2 amide bonds. The number of amides is 2. The molecule has 1 aromatic carbocycles. The Hall–Kier alpha value is -2.05. The van der Waals surface area contributed by atoms with Crippen LogP contribution in [0.25, 0.3) is 10.9 Å². The predicted molar refractivity (Wildman–Crippen MR) is 132 cm³/mol. The number of fused-ring (bicyclic) bond motifs is 1. The molecule has 1 saturated carbocycles. The van der Waals surface area contributed by atoms with Gasteiger partial charge in [-0.25, -0.2) is 0 Å². The number of piperazine rings is 1. The van der Waals surface area contributed by atoms with Crippen molar-refractivity contribution in [2.45, 2.75) is 57.4 Å². The van der Waals surface area contributed by atoms with Crippen LogP contribution in [0, 0.1) is 5.92 Å². The Kier molecular flexibility index (Phi) is 6.93. The second-order valence-electron chi connectivity index (χ2n) is 10.1. The van der Waals surface area contributed by atoms with Gasteiger partial charge >= 0.3 is 0 Å². The number of H-pyrrole nitrogens is 1. The molecule has 3 fully saturated rings. The van der Waals surface area contributed by atoms with Gasteiger partial charge in [-0.3, -0.25) is 14.5 Å². The van der Waals surface area contributed by atoms with Crippen molar-refractivity contribution in [3.05, 3.63) is 35.0 Å². The van der Waals surface area contributed by atoms with E-state index in [4.69, 9.17) is 11.6 Å². The van der Waals surface area contributed by atoms with E-state index in [1.807, 2.05) is 29.2 Å². The van der Waals surface area contributed by atoms with Gasteiger partial charge in [0.15, 0.2) is 0 Å². The highest BCUT2D eigenvalue weighted by atomic mass is 35.5. The maximum atomic E-state index is 13.0. The average Bonchev–Trinajstić information content (AvgIpc) is 3.28. The van der Waals surface area contributed by atoms with Crippen LogP contribution in [0.2, 0.25) is 5.02 Å². The maximum Gasteiger partial charge on any atom is 0.270 e. The molecule has 1 N–H and O–H groups in total. The number of benzene rings is 1. The number of nitrogens with one attached hydrogen (secondary N) is 1. The molecule has 0 unspecified atom stereocenters. The largest absolute Gasteiger partial charge is 0.351 e. The number of aromatic amines is 1. The quantitative estimate of drug-likeness (QED) is 0.713. The van der Waals surface area contributed by atoms with Crippen molar-refractivity contribution in [1.82, 2.24) is 19.7 Å². The number of hydrogen-bond acceptors (Lipinski definition) is 3. The first-order valence-electron chi connectivity index (χ1n) is 12.7. The molecule has 33 heavy (non-hydrogen) atoms. The summed E-state index contributed by atoms with van der Waals surface area (Å²) in [6, 6.07) is 8.23. The van der Waals surface area contributed by atoms with E-state index in [9.17, 15) is 9.59 Å². The molecule has 1 aliphatic carbocycles. The molecule has 6 nitrogen and oxygen atoms in total. The number of likely N-dealkylation sites (tertiary alicyclic amines) is 1. The number of carbonyl (C=O) groups excluding carboxylic acids is 2. The molecular formula is C26H35ClN4O2. The second kappa shape index (κ2) is 10.1. The van der Waals surface area contributed by atoms with Crippen molar-refractivity contribution < 1.29 is 9.59 Å². The van der Waals surface area contributed by atoms with Crippen LogP contribution in [0.1, 0.15) is 61.9 Å². The zero-order valence-electron chi connectivity index (χ0n) is 19.4. The second-order valence-corrected chi connectivity index (χ2v) is 10.5. The van der Waals surface area contributed by atoms with E-state index in [0.717, 1.165) is 56.0 Å². The number of hydrogen-bond donors (Lipinski definition) is 1. The molecule has 2 aliphatic heterocycles. The zero-order valence-corrected chi connectivity index (χ0v) is 20.2. The Bertz CT molecular complexity index is 983. The van der Waals surface area contributed by atoms with Crippen LogP contribution in [0.4, 0.5) is 0 Å². The van der Waals surface area contributed by atoms with Gasteiger partial charge < -0.3 is 14.8 Å². The lowest BCUT2D eigenvalue weighted by Crippen LogP contribution is -2.52. The molecule has 2 saturated heterocycles. The van der Waals surface area contributed by atoms with Gasteiger partial charge in [0.05, 0.1) is 0 Å². The third-order valence-electron chi connectivity index (χ3n) is 7.94. The van der Waals surface area contributed by atoms with E-state index < -0.39 is 0 Å². The number of rotatable bonds is 4. The van der Waals surface area contributed by atoms with E-state index in [1.165, 1.54) is 32.1 Å². The summed E-state index contributed by atoms with van der Waals surface area (Å²) >= 11 is 6.07. The van der Waals surface area contributed by atoms with Crippen molar-refractivity contribution in [3.63, 3.8) is 0 Å². The van der Waals surface area contributed by atoms with E-state index in [1.54, 1.807) is 0 Å². The maximum absolute atomic E-state index is 13.0. The van der Waals surface area contributed by atoms with Gasteiger partial charge in [-0.05, 0) is 55.9 Å². The molecule has 178 valence electrons. The summed E-state index contributed by atoms with van der Waals surface area (Å²) in [6.07, 6.45) is 9.18. The Morgan fingerprint density at radius 2 is 1.61 bits per heavy atom. The van der Waals surface area contributed by atoms with E-state index >= 15 is 0 Å². The average molecular weight is 471 g/mol. The first-order chi connectivity index (χ1) is 16.1. The minimum Gasteiger partial charge on any atom is -0.351 e. The highest BCUT2D eigenvalue weighted by Crippen LogP contribution is 2.26. The molecule has 3 heterocycles. The molecule has 7 heteroatoms. The fraction of sp³-hybridized carbons (Fsp3) is 0.615. The van der Waals surface area contributed by atoms with Crippen molar-refractivity contribution in [2.75, 3.05) is 39.3 Å². The standard InChI is InChI=1S/C26H35ClN4O2/c27-21-6-7-23-20(17-21)18-24(28-23)26(33)31-10-8-19(9-11-31)16-25(32)30-14-12-29(13-15-30)22-4-2-1-3-5-22/h6-7,17-19,22,28H,1-5,8-16H2. The number of aromatic nitrogens is 1. The van der Waals surface area contributed by atoms with E-state index in [-0.39, 0.29) is 5.91 Å². The van der Waals surface area contributed by atoms with Crippen LogP contribution in [0.15, 0.2) is 24.3 Å². The zero-order chi connectivity index (χ0) is 22.8. The number of piperidine rings is 1. The molecular weight excluding hydrogens is 436 g/mol. The first-order valence-corrected chi connectivity index (χ1v) is 13.0. The molecule has 2 aromatic rings. The smallest absolute Gasteiger partial charge is 0.270 e. The normalized spacial score (nSPS) is 21.6. The summed E-state index contributed by atoms with van der Waals surface area (Å²) in [6.45, 7) is 5.22. The lowest BCUT2D eigenvalue weighted by atomic mass is 9.92. The van der Waals surface area contributed by atoms with Gasteiger partial charge in [0, 0.05) is 67.7 Å². The summed E-state index contributed by atoms with van der Waals surface area (Å²) in [4.78, 5) is 35.7. The van der Waals surface area contributed by atoms with E-state index in [0.29, 0.717) is 42.1 Å². The third-order valence-corrected chi connectivity index (χ3v) is 8.17. The Morgan fingerprint density at radius 1 is 0.879 bits per heavy atom.